The van der Waals surface area contributed by atoms with Crippen LogP contribution in [0.4, 0.5) is 4.39 Å². The zero-order valence-electron chi connectivity index (χ0n) is 14.1. The Hall–Kier alpha value is -3.41. The van der Waals surface area contributed by atoms with Gasteiger partial charge >= 0.3 is 0 Å². The highest BCUT2D eigenvalue weighted by molar-refractivity contribution is 5.92. The van der Waals surface area contributed by atoms with E-state index in [0.29, 0.717) is 11.3 Å². The number of rotatable bonds is 4. The normalized spacial score (nSPS) is 11.0. The lowest BCUT2D eigenvalue weighted by molar-refractivity contribution is 0.0922. The smallest absolute Gasteiger partial charge is 0.287 e. The molecule has 0 aliphatic rings. The second-order valence-corrected chi connectivity index (χ2v) is 5.93. The van der Waals surface area contributed by atoms with Gasteiger partial charge in [-0.15, -0.1) is 0 Å². The van der Waals surface area contributed by atoms with Crippen molar-refractivity contribution in [1.29, 1.82) is 0 Å². The first kappa shape index (κ1) is 16.1. The molecule has 0 saturated carbocycles. The summed E-state index contributed by atoms with van der Waals surface area (Å²) >= 11 is 0. The van der Waals surface area contributed by atoms with Gasteiger partial charge in [-0.1, -0.05) is 12.1 Å². The van der Waals surface area contributed by atoms with Gasteiger partial charge in [0.05, 0.1) is 17.6 Å². The van der Waals surface area contributed by atoms with Gasteiger partial charge in [-0.05, 0) is 48.5 Å². The van der Waals surface area contributed by atoms with E-state index in [4.69, 9.17) is 4.42 Å². The quantitative estimate of drug-likeness (QED) is 0.608. The molecule has 0 bridgehead atoms. The highest BCUT2D eigenvalue weighted by atomic mass is 19.1. The van der Waals surface area contributed by atoms with Gasteiger partial charge in [-0.25, -0.2) is 9.37 Å². The van der Waals surface area contributed by atoms with Crippen molar-refractivity contribution < 1.29 is 13.6 Å². The third kappa shape index (κ3) is 2.97. The number of nitrogens with one attached hydrogen (secondary N) is 1. The number of imidazole rings is 1. The SMILES string of the molecule is Cn1c(CNC(=O)c2ccc(-c3ccc(F)cc3)o2)nc2ccccc21. The first-order valence-corrected chi connectivity index (χ1v) is 8.16. The number of hydrogen-bond donors (Lipinski definition) is 1. The van der Waals surface area contributed by atoms with Crippen LogP contribution in [0.1, 0.15) is 16.4 Å². The summed E-state index contributed by atoms with van der Waals surface area (Å²) in [6, 6.07) is 17.0. The third-order valence-corrected chi connectivity index (χ3v) is 4.25. The molecule has 1 N–H and O–H groups in total. The standard InChI is InChI=1S/C20H16FN3O2/c1-24-16-5-3-2-4-15(16)23-19(24)12-22-20(25)18-11-10-17(26-18)13-6-8-14(21)9-7-13/h2-11H,12H2,1H3,(H,22,25). The first-order chi connectivity index (χ1) is 12.6. The van der Waals surface area contributed by atoms with E-state index in [1.54, 1.807) is 24.3 Å². The number of fused-ring (bicyclic) bond motifs is 1. The molecule has 4 aromatic rings. The van der Waals surface area contributed by atoms with E-state index in [-0.39, 0.29) is 24.0 Å². The van der Waals surface area contributed by atoms with E-state index >= 15 is 0 Å². The monoisotopic (exact) mass is 349 g/mol. The third-order valence-electron chi connectivity index (χ3n) is 4.25. The lowest BCUT2D eigenvalue weighted by atomic mass is 10.2. The van der Waals surface area contributed by atoms with Crippen molar-refractivity contribution >= 4 is 16.9 Å². The molecule has 0 saturated heterocycles. The highest BCUT2D eigenvalue weighted by Crippen LogP contribution is 2.22. The van der Waals surface area contributed by atoms with Crippen molar-refractivity contribution in [2.45, 2.75) is 6.54 Å². The summed E-state index contributed by atoms with van der Waals surface area (Å²) in [6.45, 7) is 0.288. The molecule has 2 aromatic carbocycles. The predicted octanol–water partition coefficient (Wildman–Crippen LogP) is 3.90. The summed E-state index contributed by atoms with van der Waals surface area (Å²) in [6.07, 6.45) is 0. The van der Waals surface area contributed by atoms with Crippen LogP contribution in [0.2, 0.25) is 0 Å². The zero-order valence-corrected chi connectivity index (χ0v) is 14.1. The Bertz CT molecular complexity index is 1080. The Labute approximate surface area is 149 Å². The molecule has 0 atom stereocenters. The molecule has 0 aliphatic heterocycles. The fourth-order valence-corrected chi connectivity index (χ4v) is 2.83. The first-order valence-electron chi connectivity index (χ1n) is 8.16. The maximum absolute atomic E-state index is 13.0. The van der Waals surface area contributed by atoms with E-state index in [9.17, 15) is 9.18 Å². The summed E-state index contributed by atoms with van der Waals surface area (Å²) in [5.74, 6) is 0.817. The number of aromatic nitrogens is 2. The molecule has 0 unspecified atom stereocenters. The average Bonchev–Trinajstić information content (AvgIpc) is 3.26. The number of hydrogen-bond acceptors (Lipinski definition) is 3. The van der Waals surface area contributed by atoms with Gasteiger partial charge in [-0.3, -0.25) is 4.79 Å². The molecule has 0 fully saturated rings. The number of aryl methyl sites for hydroxylation is 1. The van der Waals surface area contributed by atoms with Crippen molar-refractivity contribution in [2.75, 3.05) is 0 Å². The van der Waals surface area contributed by atoms with Crippen LogP contribution in [0.3, 0.4) is 0 Å². The minimum atomic E-state index is -0.328. The van der Waals surface area contributed by atoms with E-state index in [0.717, 1.165) is 16.9 Å². The molecule has 26 heavy (non-hydrogen) atoms. The number of carbonyl (C=O) groups excluding carboxylic acids is 1. The molecule has 1 amide bonds. The van der Waals surface area contributed by atoms with Gasteiger partial charge in [0.25, 0.3) is 5.91 Å². The van der Waals surface area contributed by atoms with Crippen LogP contribution in [0.25, 0.3) is 22.4 Å². The molecular weight excluding hydrogens is 333 g/mol. The number of halogens is 1. The fourth-order valence-electron chi connectivity index (χ4n) is 2.83. The number of amides is 1. The Kier molecular flexibility index (Phi) is 4.01. The lowest BCUT2D eigenvalue weighted by Gasteiger charge is -2.04. The van der Waals surface area contributed by atoms with E-state index in [2.05, 4.69) is 10.3 Å². The van der Waals surface area contributed by atoms with Crippen molar-refractivity contribution in [3.8, 4) is 11.3 Å². The maximum Gasteiger partial charge on any atom is 0.287 e. The Morgan fingerprint density at radius 1 is 1.12 bits per heavy atom. The minimum absolute atomic E-state index is 0.197. The molecule has 2 aromatic heterocycles. The van der Waals surface area contributed by atoms with Crippen LogP contribution in [0.15, 0.2) is 65.1 Å². The Morgan fingerprint density at radius 3 is 2.65 bits per heavy atom. The van der Waals surface area contributed by atoms with Gasteiger partial charge in [0.2, 0.25) is 0 Å². The topological polar surface area (TPSA) is 60.1 Å². The molecule has 0 spiro atoms. The number of nitrogens with zero attached hydrogens (tertiary/aromatic N) is 2. The molecule has 4 rings (SSSR count). The van der Waals surface area contributed by atoms with Crippen molar-refractivity contribution in [3.05, 3.63) is 78.1 Å². The Morgan fingerprint density at radius 2 is 1.88 bits per heavy atom. The molecular formula is C20H16FN3O2. The lowest BCUT2D eigenvalue weighted by Crippen LogP contribution is -2.23. The van der Waals surface area contributed by atoms with Crippen LogP contribution < -0.4 is 5.32 Å². The van der Waals surface area contributed by atoms with Crippen molar-refractivity contribution in [3.63, 3.8) is 0 Å². The van der Waals surface area contributed by atoms with E-state index < -0.39 is 0 Å². The van der Waals surface area contributed by atoms with Gasteiger partial charge in [0.15, 0.2) is 5.76 Å². The zero-order chi connectivity index (χ0) is 18.1. The average molecular weight is 349 g/mol. The van der Waals surface area contributed by atoms with E-state index in [1.165, 1.54) is 12.1 Å². The molecule has 6 heteroatoms. The highest BCUT2D eigenvalue weighted by Gasteiger charge is 2.14. The van der Waals surface area contributed by atoms with Crippen LogP contribution >= 0.6 is 0 Å². The summed E-state index contributed by atoms with van der Waals surface area (Å²) in [5, 5.41) is 2.81. The largest absolute Gasteiger partial charge is 0.451 e. The van der Waals surface area contributed by atoms with Crippen molar-refractivity contribution in [1.82, 2.24) is 14.9 Å². The van der Waals surface area contributed by atoms with Crippen LogP contribution in [-0.4, -0.2) is 15.5 Å². The van der Waals surface area contributed by atoms with E-state index in [1.807, 2.05) is 35.9 Å². The van der Waals surface area contributed by atoms with Crippen LogP contribution in [0.5, 0.6) is 0 Å². The van der Waals surface area contributed by atoms with Crippen LogP contribution in [0, 0.1) is 5.82 Å². The number of carbonyl (C=O) groups is 1. The fraction of sp³-hybridized carbons (Fsp3) is 0.100. The summed E-state index contributed by atoms with van der Waals surface area (Å²) in [4.78, 5) is 16.9. The molecule has 2 heterocycles. The Balaban J connectivity index is 1.48. The molecule has 0 aliphatic carbocycles. The van der Waals surface area contributed by atoms with Gasteiger partial charge in [0, 0.05) is 12.6 Å². The predicted molar refractivity (Wildman–Crippen MR) is 96.0 cm³/mol. The molecule has 130 valence electrons. The van der Waals surface area contributed by atoms with Crippen LogP contribution in [-0.2, 0) is 13.6 Å². The second-order valence-electron chi connectivity index (χ2n) is 5.93. The second kappa shape index (κ2) is 6.48. The maximum atomic E-state index is 13.0. The number of para-hydroxylation sites is 2. The minimum Gasteiger partial charge on any atom is -0.451 e. The summed E-state index contributed by atoms with van der Waals surface area (Å²) in [5.41, 5.74) is 2.60. The van der Waals surface area contributed by atoms with Gasteiger partial charge < -0.3 is 14.3 Å². The number of benzene rings is 2. The van der Waals surface area contributed by atoms with Crippen molar-refractivity contribution in [2.24, 2.45) is 7.05 Å². The number of furan rings is 1. The van der Waals surface area contributed by atoms with Gasteiger partial charge in [-0.2, -0.15) is 0 Å². The summed E-state index contributed by atoms with van der Waals surface area (Å²) in [7, 11) is 1.91. The molecule has 0 radical (unpaired) electrons. The molecule has 5 nitrogen and oxygen atoms in total. The van der Waals surface area contributed by atoms with Gasteiger partial charge in [0.1, 0.15) is 17.4 Å². The summed E-state index contributed by atoms with van der Waals surface area (Å²) < 4.78 is 20.5.